The van der Waals surface area contributed by atoms with Gasteiger partial charge in [-0.25, -0.2) is 31.2 Å². The summed E-state index contributed by atoms with van der Waals surface area (Å²) >= 11 is 5.89. The van der Waals surface area contributed by atoms with E-state index in [1.807, 2.05) is 25.0 Å². The van der Waals surface area contributed by atoms with Gasteiger partial charge < -0.3 is 9.13 Å². The third-order valence-electron chi connectivity index (χ3n) is 11.9. The highest BCUT2D eigenvalue weighted by Crippen LogP contribution is 2.30. The standard InChI is InChI=1S/C22H22ClN5O2S.C22H22FN5O2S/c2*23-19-2-4-20(5-3-19)31(29,30)28-9-7-16(8-10-28)14-27-15-24-21-11-17(1-6-22(21)27)18-12-25-26-13-18/h2*1-6,11-13,15-16H,7-10,14H2,(H,25,26). The minimum absolute atomic E-state index is 0.140. The van der Waals surface area contributed by atoms with Crippen molar-refractivity contribution in [1.29, 1.82) is 0 Å². The number of H-pyrrole nitrogens is 2. The minimum Gasteiger partial charge on any atom is -0.330 e. The highest BCUT2D eigenvalue weighted by atomic mass is 35.5. The molecule has 0 atom stereocenters. The van der Waals surface area contributed by atoms with Crippen molar-refractivity contribution in [3.63, 3.8) is 0 Å². The van der Waals surface area contributed by atoms with E-state index in [2.05, 4.69) is 75.9 Å². The Labute approximate surface area is 363 Å². The third kappa shape index (κ3) is 8.81. The molecular formula is C44H44ClFN10O4S2. The largest absolute Gasteiger partial charge is 0.330 e. The normalized spacial score (nSPS) is 16.2. The quantitative estimate of drug-likeness (QED) is 0.140. The van der Waals surface area contributed by atoms with Crippen molar-refractivity contribution in [3.8, 4) is 22.3 Å². The monoisotopic (exact) mass is 894 g/mol. The van der Waals surface area contributed by atoms with Gasteiger partial charge in [0.15, 0.2) is 0 Å². The molecule has 2 aliphatic heterocycles. The maximum absolute atomic E-state index is 13.1. The Bertz CT molecular complexity index is 2790. The molecule has 18 heteroatoms. The summed E-state index contributed by atoms with van der Waals surface area (Å²) in [7, 11) is -7.06. The van der Waals surface area contributed by atoms with Crippen LogP contribution in [-0.2, 0) is 33.1 Å². The van der Waals surface area contributed by atoms with Crippen molar-refractivity contribution in [2.75, 3.05) is 26.2 Å². The zero-order valence-corrected chi connectivity index (χ0v) is 35.9. The van der Waals surface area contributed by atoms with Crippen molar-refractivity contribution in [1.82, 2.24) is 48.1 Å². The second kappa shape index (κ2) is 17.6. The molecule has 0 spiro atoms. The van der Waals surface area contributed by atoms with Gasteiger partial charge in [-0.1, -0.05) is 23.7 Å². The molecule has 2 fully saturated rings. The van der Waals surface area contributed by atoms with E-state index < -0.39 is 25.9 Å². The number of hydrogen-bond acceptors (Lipinski definition) is 8. The lowest BCUT2D eigenvalue weighted by Gasteiger charge is -2.31. The molecule has 0 amide bonds. The smallest absolute Gasteiger partial charge is 0.243 e. The van der Waals surface area contributed by atoms with E-state index in [4.69, 9.17) is 11.6 Å². The van der Waals surface area contributed by atoms with Gasteiger partial charge in [0, 0.05) is 67.8 Å². The van der Waals surface area contributed by atoms with E-state index in [0.717, 1.165) is 83.1 Å². The predicted molar refractivity (Wildman–Crippen MR) is 235 cm³/mol. The van der Waals surface area contributed by atoms with Crippen molar-refractivity contribution in [2.45, 2.75) is 48.6 Å². The van der Waals surface area contributed by atoms with E-state index >= 15 is 0 Å². The Hall–Kier alpha value is -5.72. The maximum Gasteiger partial charge on any atom is 0.243 e. The Balaban J connectivity index is 0.000000158. The van der Waals surface area contributed by atoms with E-state index in [1.54, 1.807) is 41.0 Å². The maximum atomic E-state index is 13.1. The van der Waals surface area contributed by atoms with Gasteiger partial charge in [-0.3, -0.25) is 10.2 Å². The third-order valence-corrected chi connectivity index (χ3v) is 15.9. The van der Waals surface area contributed by atoms with Crippen molar-refractivity contribution >= 4 is 53.7 Å². The summed E-state index contributed by atoms with van der Waals surface area (Å²) in [5.74, 6) is 0.329. The van der Waals surface area contributed by atoms with Crippen LogP contribution < -0.4 is 0 Å². The molecule has 320 valence electrons. The summed E-state index contributed by atoms with van der Waals surface area (Å²) in [6.45, 7) is 3.59. The molecule has 0 aliphatic carbocycles. The number of fused-ring (bicyclic) bond motifs is 2. The molecule has 0 radical (unpaired) electrons. The Morgan fingerprint density at radius 2 is 1.00 bits per heavy atom. The van der Waals surface area contributed by atoms with E-state index in [-0.39, 0.29) is 4.90 Å². The fourth-order valence-corrected chi connectivity index (χ4v) is 11.4. The van der Waals surface area contributed by atoms with Gasteiger partial charge in [0.2, 0.25) is 20.0 Å². The van der Waals surface area contributed by atoms with Crippen LogP contribution >= 0.6 is 11.6 Å². The van der Waals surface area contributed by atoms with Crippen molar-refractivity contribution in [3.05, 3.63) is 133 Å². The van der Waals surface area contributed by atoms with Crippen LogP contribution in [0.2, 0.25) is 5.02 Å². The fourth-order valence-electron chi connectivity index (χ4n) is 8.33. The molecule has 2 aliphatic rings. The van der Waals surface area contributed by atoms with Crippen LogP contribution in [0.1, 0.15) is 25.7 Å². The summed E-state index contributed by atoms with van der Waals surface area (Å²) in [6, 6.07) is 23.8. The summed E-state index contributed by atoms with van der Waals surface area (Å²) < 4.78 is 71.9. The minimum atomic E-state index is -3.59. The van der Waals surface area contributed by atoms with E-state index in [0.29, 0.717) is 47.9 Å². The molecule has 10 rings (SSSR count). The first kappa shape index (κ1) is 41.6. The summed E-state index contributed by atoms with van der Waals surface area (Å²) in [5, 5.41) is 14.2. The fraction of sp³-hybridized carbons (Fsp3) is 0.273. The van der Waals surface area contributed by atoms with E-state index in [9.17, 15) is 21.2 Å². The van der Waals surface area contributed by atoms with Crippen LogP contribution in [0.5, 0.6) is 0 Å². The van der Waals surface area contributed by atoms with Crippen molar-refractivity contribution < 1.29 is 21.2 Å². The second-order valence-electron chi connectivity index (χ2n) is 15.8. The Morgan fingerprint density at radius 3 is 1.40 bits per heavy atom. The van der Waals surface area contributed by atoms with Gasteiger partial charge in [-0.05, 0) is 121 Å². The van der Waals surface area contributed by atoms with E-state index in [1.165, 1.54) is 28.6 Å². The first-order valence-electron chi connectivity index (χ1n) is 20.4. The average Bonchev–Trinajstić information content (AvgIpc) is 4.14. The average molecular weight is 895 g/mol. The molecule has 2 saturated heterocycles. The molecule has 0 saturated carbocycles. The number of aromatic amines is 2. The number of halogens is 2. The number of aromatic nitrogens is 8. The Kier molecular flexibility index (Phi) is 11.8. The lowest BCUT2D eigenvalue weighted by molar-refractivity contribution is 0.254. The van der Waals surface area contributed by atoms with Crippen LogP contribution in [0.25, 0.3) is 44.3 Å². The highest BCUT2D eigenvalue weighted by Gasteiger charge is 2.31. The Morgan fingerprint density at radius 1 is 0.581 bits per heavy atom. The molecule has 4 aromatic heterocycles. The zero-order valence-electron chi connectivity index (χ0n) is 33.6. The summed E-state index contributed by atoms with van der Waals surface area (Å²) in [5.41, 5.74) is 8.21. The van der Waals surface area contributed by atoms with Gasteiger partial charge in [-0.2, -0.15) is 18.8 Å². The molecular weight excluding hydrogens is 851 g/mol. The van der Waals surface area contributed by atoms with Gasteiger partial charge in [0.1, 0.15) is 5.82 Å². The molecule has 62 heavy (non-hydrogen) atoms. The number of rotatable bonds is 10. The molecule has 8 aromatic rings. The number of nitrogens with one attached hydrogen (secondary N) is 2. The second-order valence-corrected chi connectivity index (χ2v) is 20.1. The molecule has 6 heterocycles. The topological polar surface area (TPSA) is 168 Å². The van der Waals surface area contributed by atoms with Crippen LogP contribution in [0.15, 0.2) is 132 Å². The first-order valence-corrected chi connectivity index (χ1v) is 23.7. The molecule has 14 nitrogen and oxygen atoms in total. The number of nitrogens with zero attached hydrogens (tertiary/aromatic N) is 8. The van der Waals surface area contributed by atoms with Gasteiger partial charge >= 0.3 is 0 Å². The summed E-state index contributed by atoms with van der Waals surface area (Å²) in [4.78, 5) is 9.56. The predicted octanol–water partition coefficient (Wildman–Crippen LogP) is 7.85. The highest BCUT2D eigenvalue weighted by molar-refractivity contribution is 7.89. The molecule has 0 unspecified atom stereocenters. The molecule has 0 bridgehead atoms. The number of piperidine rings is 2. The molecule has 4 aromatic carbocycles. The van der Waals surface area contributed by atoms with Gasteiger partial charge in [-0.15, -0.1) is 0 Å². The van der Waals surface area contributed by atoms with Gasteiger partial charge in [0.05, 0.1) is 56.9 Å². The van der Waals surface area contributed by atoms with Crippen molar-refractivity contribution in [2.24, 2.45) is 11.8 Å². The first-order chi connectivity index (χ1) is 30.0. The number of sulfonamides is 2. The zero-order chi connectivity index (χ0) is 42.8. The van der Waals surface area contributed by atoms with Crippen LogP contribution in [0.4, 0.5) is 4.39 Å². The number of imidazole rings is 2. The SMILES string of the molecule is O=S(=O)(c1ccc(Cl)cc1)N1CCC(Cn2cnc3cc(-c4cn[nH]c4)ccc32)CC1.O=S(=O)(c1ccc(F)cc1)N1CCC(Cn2cnc3cc(-c4cn[nH]c4)ccc32)CC1. The lowest BCUT2D eigenvalue weighted by Crippen LogP contribution is -2.39. The van der Waals surface area contributed by atoms with Crippen LogP contribution in [0.3, 0.4) is 0 Å². The number of hydrogen-bond donors (Lipinski definition) is 2. The molecule has 2 N–H and O–H groups in total. The lowest BCUT2D eigenvalue weighted by atomic mass is 9.98. The van der Waals surface area contributed by atoms with Crippen LogP contribution in [0, 0.1) is 17.7 Å². The number of benzene rings is 4. The summed E-state index contributed by atoms with van der Waals surface area (Å²) in [6.07, 6.45) is 14.2. The van der Waals surface area contributed by atoms with Crippen LogP contribution in [-0.4, -0.2) is 91.1 Å². The van der Waals surface area contributed by atoms with Gasteiger partial charge in [0.25, 0.3) is 0 Å².